The van der Waals surface area contributed by atoms with Gasteiger partial charge in [0.2, 0.25) is 0 Å². The van der Waals surface area contributed by atoms with Gasteiger partial charge in [0.1, 0.15) is 6.04 Å². The molecule has 0 saturated carbocycles. The van der Waals surface area contributed by atoms with Crippen molar-refractivity contribution in [3.8, 4) is 0 Å². The number of carbonyl (C=O) groups is 2. The van der Waals surface area contributed by atoms with Crippen LogP contribution in [0.1, 0.15) is 21.5 Å². The van der Waals surface area contributed by atoms with Crippen LogP contribution < -0.4 is 5.73 Å². The second kappa shape index (κ2) is 6.16. The number of hydrogen-bond donors (Lipinski definition) is 1. The van der Waals surface area contributed by atoms with E-state index in [2.05, 4.69) is 9.47 Å². The van der Waals surface area contributed by atoms with E-state index in [-0.39, 0.29) is 0 Å². The van der Waals surface area contributed by atoms with E-state index in [4.69, 9.17) is 5.73 Å². The van der Waals surface area contributed by atoms with Crippen LogP contribution in [0.2, 0.25) is 0 Å². The summed E-state index contributed by atoms with van der Waals surface area (Å²) in [6, 6.07) is 4.42. The van der Waals surface area contributed by atoms with Gasteiger partial charge in [-0.1, -0.05) is 6.07 Å². The number of aryl methyl sites for hydroxylation is 1. The van der Waals surface area contributed by atoms with Gasteiger partial charge in [-0.2, -0.15) is 0 Å². The first-order valence-corrected chi connectivity index (χ1v) is 5.50. The van der Waals surface area contributed by atoms with Crippen molar-refractivity contribution < 1.29 is 19.1 Å². The Morgan fingerprint density at radius 2 is 1.94 bits per heavy atom. The van der Waals surface area contributed by atoms with E-state index in [1.807, 2.05) is 6.92 Å². The first kappa shape index (κ1) is 14.2. The molecule has 5 nitrogen and oxygen atoms in total. The Kier molecular flexibility index (Phi) is 4.85. The highest BCUT2D eigenvalue weighted by Gasteiger charge is 2.16. The van der Waals surface area contributed by atoms with Crippen LogP contribution in [-0.4, -0.2) is 32.2 Å². The maximum Gasteiger partial charge on any atom is 0.337 e. The smallest absolute Gasteiger partial charge is 0.337 e. The Morgan fingerprint density at radius 3 is 2.50 bits per heavy atom. The molecule has 5 heteroatoms. The van der Waals surface area contributed by atoms with Gasteiger partial charge in [-0.15, -0.1) is 0 Å². The molecule has 0 aliphatic heterocycles. The van der Waals surface area contributed by atoms with Crippen LogP contribution >= 0.6 is 0 Å². The second-order valence-electron chi connectivity index (χ2n) is 3.97. The van der Waals surface area contributed by atoms with Crippen LogP contribution in [0, 0.1) is 6.92 Å². The van der Waals surface area contributed by atoms with E-state index in [1.165, 1.54) is 14.2 Å². The third kappa shape index (κ3) is 3.30. The fourth-order valence-electron chi connectivity index (χ4n) is 1.61. The van der Waals surface area contributed by atoms with Crippen LogP contribution in [-0.2, 0) is 20.7 Å². The van der Waals surface area contributed by atoms with Crippen molar-refractivity contribution in [2.45, 2.75) is 19.4 Å². The predicted octanol–water partition coefficient (Wildman–Crippen LogP) is 0.824. The monoisotopic (exact) mass is 251 g/mol. The van der Waals surface area contributed by atoms with E-state index in [0.717, 1.165) is 11.1 Å². The molecular weight excluding hydrogens is 234 g/mol. The minimum Gasteiger partial charge on any atom is -0.468 e. The van der Waals surface area contributed by atoms with Crippen molar-refractivity contribution in [1.29, 1.82) is 0 Å². The predicted molar refractivity (Wildman–Crippen MR) is 66.2 cm³/mol. The Morgan fingerprint density at radius 1 is 1.28 bits per heavy atom. The lowest BCUT2D eigenvalue weighted by molar-refractivity contribution is -0.142. The summed E-state index contributed by atoms with van der Waals surface area (Å²) in [7, 11) is 2.61. The minimum absolute atomic E-state index is 0.323. The number of carbonyl (C=O) groups excluding carboxylic acids is 2. The summed E-state index contributed by atoms with van der Waals surface area (Å²) in [5.41, 5.74) is 7.93. The van der Waals surface area contributed by atoms with Crippen LogP contribution in [0.3, 0.4) is 0 Å². The molecule has 0 heterocycles. The summed E-state index contributed by atoms with van der Waals surface area (Å²) in [4.78, 5) is 22.7. The molecule has 0 bridgehead atoms. The number of rotatable bonds is 4. The molecule has 0 fully saturated rings. The second-order valence-corrected chi connectivity index (χ2v) is 3.97. The summed E-state index contributed by atoms with van der Waals surface area (Å²) in [6.45, 7) is 1.89. The fraction of sp³-hybridized carbons (Fsp3) is 0.385. The number of methoxy groups -OCH3 is 2. The van der Waals surface area contributed by atoms with Crippen LogP contribution in [0.15, 0.2) is 18.2 Å². The first-order valence-electron chi connectivity index (χ1n) is 5.50. The highest BCUT2D eigenvalue weighted by Crippen LogP contribution is 2.14. The molecule has 0 unspecified atom stereocenters. The zero-order valence-corrected chi connectivity index (χ0v) is 10.7. The molecule has 0 saturated heterocycles. The standard InChI is InChI=1S/C13H17NO4/c1-8-4-5-9(12(15)17-2)6-10(8)7-11(14)13(16)18-3/h4-6,11H,7,14H2,1-3H3/t11-/m0/s1. The molecule has 1 aromatic rings. The fourth-order valence-corrected chi connectivity index (χ4v) is 1.61. The van der Waals surface area contributed by atoms with Gasteiger partial charge in [0.25, 0.3) is 0 Å². The van der Waals surface area contributed by atoms with Gasteiger partial charge in [0.05, 0.1) is 19.8 Å². The molecule has 98 valence electrons. The van der Waals surface area contributed by atoms with E-state index in [1.54, 1.807) is 18.2 Å². The van der Waals surface area contributed by atoms with Crippen molar-refractivity contribution in [3.05, 3.63) is 34.9 Å². The Balaban J connectivity index is 2.94. The quantitative estimate of drug-likeness (QED) is 0.802. The molecule has 0 amide bonds. The maximum atomic E-state index is 11.4. The van der Waals surface area contributed by atoms with Gasteiger partial charge < -0.3 is 15.2 Å². The molecule has 0 spiro atoms. The van der Waals surface area contributed by atoms with Gasteiger partial charge in [-0.05, 0) is 36.6 Å². The summed E-state index contributed by atoms with van der Waals surface area (Å²) in [5, 5.41) is 0. The van der Waals surface area contributed by atoms with Crippen LogP contribution in [0.4, 0.5) is 0 Å². The van der Waals surface area contributed by atoms with Gasteiger partial charge in [-0.3, -0.25) is 4.79 Å². The number of benzene rings is 1. The molecular formula is C13H17NO4. The lowest BCUT2D eigenvalue weighted by Crippen LogP contribution is -2.33. The zero-order chi connectivity index (χ0) is 13.7. The molecule has 0 radical (unpaired) electrons. The van der Waals surface area contributed by atoms with E-state index in [0.29, 0.717) is 12.0 Å². The van der Waals surface area contributed by atoms with Crippen LogP contribution in [0.5, 0.6) is 0 Å². The lowest BCUT2D eigenvalue weighted by atomic mass is 9.99. The molecule has 2 N–H and O–H groups in total. The topological polar surface area (TPSA) is 78.6 Å². The lowest BCUT2D eigenvalue weighted by Gasteiger charge is -2.12. The van der Waals surface area contributed by atoms with Crippen molar-refractivity contribution in [2.24, 2.45) is 5.73 Å². The largest absolute Gasteiger partial charge is 0.468 e. The van der Waals surface area contributed by atoms with Crippen molar-refractivity contribution in [1.82, 2.24) is 0 Å². The van der Waals surface area contributed by atoms with Crippen molar-refractivity contribution in [2.75, 3.05) is 14.2 Å². The summed E-state index contributed by atoms with van der Waals surface area (Å²) >= 11 is 0. The Hall–Kier alpha value is -1.88. The summed E-state index contributed by atoms with van der Waals surface area (Å²) in [5.74, 6) is -0.888. The van der Waals surface area contributed by atoms with Gasteiger partial charge in [-0.25, -0.2) is 4.79 Å². The molecule has 0 aliphatic carbocycles. The van der Waals surface area contributed by atoms with Gasteiger partial charge in [0, 0.05) is 0 Å². The number of esters is 2. The molecule has 0 aromatic heterocycles. The Labute approximate surface area is 106 Å². The highest BCUT2D eigenvalue weighted by molar-refractivity contribution is 5.89. The average Bonchev–Trinajstić information content (AvgIpc) is 2.39. The van der Waals surface area contributed by atoms with Crippen LogP contribution in [0.25, 0.3) is 0 Å². The van der Waals surface area contributed by atoms with Crippen molar-refractivity contribution >= 4 is 11.9 Å². The molecule has 1 rings (SSSR count). The average molecular weight is 251 g/mol. The van der Waals surface area contributed by atoms with Gasteiger partial charge in [0.15, 0.2) is 0 Å². The van der Waals surface area contributed by atoms with Crippen molar-refractivity contribution in [3.63, 3.8) is 0 Å². The third-order valence-electron chi connectivity index (χ3n) is 2.71. The summed E-state index contributed by atoms with van der Waals surface area (Å²) < 4.78 is 9.21. The summed E-state index contributed by atoms with van der Waals surface area (Å²) in [6.07, 6.45) is 0.323. The number of hydrogen-bond acceptors (Lipinski definition) is 5. The molecule has 18 heavy (non-hydrogen) atoms. The molecule has 1 atom stereocenters. The molecule has 1 aromatic carbocycles. The number of nitrogens with two attached hydrogens (primary N) is 1. The zero-order valence-electron chi connectivity index (χ0n) is 10.7. The third-order valence-corrected chi connectivity index (χ3v) is 2.71. The Bertz CT molecular complexity index is 456. The van der Waals surface area contributed by atoms with E-state index >= 15 is 0 Å². The minimum atomic E-state index is -0.735. The van der Waals surface area contributed by atoms with Gasteiger partial charge >= 0.3 is 11.9 Å². The first-order chi connectivity index (χ1) is 8.49. The normalized spacial score (nSPS) is 11.8. The number of ether oxygens (including phenoxy) is 2. The van der Waals surface area contributed by atoms with E-state index < -0.39 is 18.0 Å². The molecule has 0 aliphatic rings. The van der Waals surface area contributed by atoms with E-state index in [9.17, 15) is 9.59 Å². The highest BCUT2D eigenvalue weighted by atomic mass is 16.5. The maximum absolute atomic E-state index is 11.4. The SMILES string of the molecule is COC(=O)c1ccc(C)c(C[C@H](N)C(=O)OC)c1.